The molecule has 0 unspecified atom stereocenters. The van der Waals surface area contributed by atoms with Gasteiger partial charge in [-0.05, 0) is 4.92 Å². The van der Waals surface area contributed by atoms with Gasteiger partial charge in [-0.2, -0.15) is 0 Å². The molecule has 0 radical (unpaired) electrons. The number of alkyl halides is 1. The van der Waals surface area contributed by atoms with Crippen molar-refractivity contribution in [1.82, 2.24) is 9.55 Å². The van der Waals surface area contributed by atoms with E-state index in [4.69, 9.17) is 16.7 Å². The molecule has 0 spiro atoms. The quantitative estimate of drug-likeness (QED) is 0.438. The highest BCUT2D eigenvalue weighted by Gasteiger charge is 2.15. The van der Waals surface area contributed by atoms with Gasteiger partial charge in [0.15, 0.2) is 6.33 Å². The van der Waals surface area contributed by atoms with Gasteiger partial charge in [0.2, 0.25) is 0 Å². The van der Waals surface area contributed by atoms with Crippen LogP contribution in [-0.2, 0) is 6.54 Å². The Kier molecular flexibility index (Phi) is 3.21. The minimum absolute atomic E-state index is 0.0370. The number of hydrogen-bond acceptors (Lipinski definition) is 4. The zero-order chi connectivity index (χ0) is 9.84. The Morgan fingerprint density at radius 2 is 2.54 bits per heavy atom. The number of nitro groups is 1. The Morgan fingerprint density at radius 1 is 1.85 bits per heavy atom. The number of halogens is 1. The number of aliphatic hydroxyl groups excluding tert-OH is 1. The van der Waals surface area contributed by atoms with Crippen LogP contribution in [0.15, 0.2) is 12.5 Å². The molecule has 0 amide bonds. The fourth-order valence-electron chi connectivity index (χ4n) is 0.882. The molecule has 0 bridgehead atoms. The predicted octanol–water partition coefficient (Wildman–Crippen LogP) is 0.391. The summed E-state index contributed by atoms with van der Waals surface area (Å²) < 4.78 is 1.24. The number of rotatable bonds is 4. The molecule has 6 nitrogen and oxygen atoms in total. The summed E-state index contributed by atoms with van der Waals surface area (Å²) in [6.07, 6.45) is 1.61. The molecule has 0 aromatic carbocycles. The normalized spacial score (nSPS) is 12.8. The van der Waals surface area contributed by atoms with E-state index < -0.39 is 11.0 Å². The van der Waals surface area contributed by atoms with E-state index in [-0.39, 0.29) is 18.2 Å². The van der Waals surface area contributed by atoms with Crippen LogP contribution in [0.5, 0.6) is 0 Å². The molecule has 0 saturated carbocycles. The summed E-state index contributed by atoms with van der Waals surface area (Å²) in [5.74, 6) is -0.112. The first-order valence-corrected chi connectivity index (χ1v) is 4.07. The average molecular weight is 206 g/mol. The summed E-state index contributed by atoms with van der Waals surface area (Å²) in [6, 6.07) is 0. The van der Waals surface area contributed by atoms with Crippen LogP contribution < -0.4 is 0 Å². The molecule has 13 heavy (non-hydrogen) atoms. The maximum Gasteiger partial charge on any atom is 0.342 e. The summed E-state index contributed by atoms with van der Waals surface area (Å²) >= 11 is 5.35. The standard InChI is InChI=1S/C6H8ClN3O3/c7-1-5(11)3-9-4-8-2-6(9)10(12)13/h2,4-5,11H,1,3H2/t5-/m1/s1. The molecule has 0 saturated heterocycles. The fraction of sp³-hybridized carbons (Fsp3) is 0.500. The first-order valence-electron chi connectivity index (χ1n) is 3.53. The Hall–Kier alpha value is -1.14. The van der Waals surface area contributed by atoms with Gasteiger partial charge in [-0.25, -0.2) is 9.55 Å². The summed E-state index contributed by atoms with van der Waals surface area (Å²) in [5.41, 5.74) is 0. The number of imidazole rings is 1. The smallest absolute Gasteiger partial charge is 0.342 e. The summed E-state index contributed by atoms with van der Waals surface area (Å²) in [6.45, 7) is 0.0831. The monoisotopic (exact) mass is 205 g/mol. The lowest BCUT2D eigenvalue weighted by molar-refractivity contribution is -0.392. The summed E-state index contributed by atoms with van der Waals surface area (Å²) in [5, 5.41) is 19.5. The van der Waals surface area contributed by atoms with Crippen molar-refractivity contribution in [2.45, 2.75) is 12.6 Å². The van der Waals surface area contributed by atoms with E-state index in [0.717, 1.165) is 6.20 Å². The van der Waals surface area contributed by atoms with Crippen LogP contribution in [0, 0.1) is 10.1 Å². The molecule has 1 rings (SSSR count). The molecule has 1 N–H and O–H groups in total. The highest BCUT2D eigenvalue weighted by molar-refractivity contribution is 6.18. The maximum absolute atomic E-state index is 10.4. The maximum atomic E-state index is 10.4. The first kappa shape index (κ1) is 9.94. The largest absolute Gasteiger partial charge is 0.388 e. The van der Waals surface area contributed by atoms with Gasteiger partial charge < -0.3 is 15.2 Å². The molecule has 0 aliphatic rings. The Labute approximate surface area is 78.9 Å². The molecule has 0 aliphatic carbocycles. The van der Waals surface area contributed by atoms with E-state index in [1.165, 1.54) is 10.9 Å². The van der Waals surface area contributed by atoms with Crippen molar-refractivity contribution in [3.8, 4) is 0 Å². The molecular weight excluding hydrogens is 198 g/mol. The zero-order valence-corrected chi connectivity index (χ0v) is 7.39. The Balaban J connectivity index is 2.76. The minimum Gasteiger partial charge on any atom is -0.388 e. The third kappa shape index (κ3) is 2.40. The molecule has 7 heteroatoms. The zero-order valence-electron chi connectivity index (χ0n) is 6.63. The van der Waals surface area contributed by atoms with Gasteiger partial charge in [0.1, 0.15) is 18.8 Å². The van der Waals surface area contributed by atoms with Crippen LogP contribution in [-0.4, -0.2) is 31.6 Å². The minimum atomic E-state index is -0.797. The van der Waals surface area contributed by atoms with Gasteiger partial charge in [-0.15, -0.1) is 11.6 Å². The van der Waals surface area contributed by atoms with Gasteiger partial charge in [0.25, 0.3) is 0 Å². The van der Waals surface area contributed by atoms with Crippen LogP contribution in [0.4, 0.5) is 5.82 Å². The highest BCUT2D eigenvalue weighted by Crippen LogP contribution is 2.10. The van der Waals surface area contributed by atoms with Gasteiger partial charge in [0, 0.05) is 0 Å². The van der Waals surface area contributed by atoms with Crippen LogP contribution in [0.3, 0.4) is 0 Å². The van der Waals surface area contributed by atoms with Crippen LogP contribution >= 0.6 is 11.6 Å². The van der Waals surface area contributed by atoms with E-state index in [9.17, 15) is 10.1 Å². The first-order chi connectivity index (χ1) is 6.15. The Bertz CT molecular complexity index is 301. The molecule has 1 aromatic heterocycles. The van der Waals surface area contributed by atoms with Crippen molar-refractivity contribution < 1.29 is 10.0 Å². The van der Waals surface area contributed by atoms with Crippen molar-refractivity contribution in [2.24, 2.45) is 0 Å². The third-order valence-corrected chi connectivity index (χ3v) is 1.82. The second-order valence-corrected chi connectivity index (χ2v) is 2.78. The van der Waals surface area contributed by atoms with E-state index in [0.29, 0.717) is 0 Å². The van der Waals surface area contributed by atoms with Crippen LogP contribution in [0.25, 0.3) is 0 Å². The van der Waals surface area contributed by atoms with Gasteiger partial charge >= 0.3 is 5.82 Å². The third-order valence-electron chi connectivity index (χ3n) is 1.46. The van der Waals surface area contributed by atoms with Crippen molar-refractivity contribution in [3.05, 3.63) is 22.6 Å². The molecule has 1 heterocycles. The lowest BCUT2D eigenvalue weighted by Gasteiger charge is -2.04. The molecule has 1 aromatic rings. The van der Waals surface area contributed by atoms with Crippen LogP contribution in [0.1, 0.15) is 0 Å². The molecular formula is C6H8ClN3O3. The van der Waals surface area contributed by atoms with Crippen LogP contribution in [0.2, 0.25) is 0 Å². The topological polar surface area (TPSA) is 81.2 Å². The van der Waals surface area contributed by atoms with Crippen molar-refractivity contribution in [2.75, 3.05) is 5.88 Å². The van der Waals surface area contributed by atoms with E-state index >= 15 is 0 Å². The van der Waals surface area contributed by atoms with E-state index in [1.54, 1.807) is 0 Å². The van der Waals surface area contributed by atoms with E-state index in [1.807, 2.05) is 0 Å². The highest BCUT2D eigenvalue weighted by atomic mass is 35.5. The molecule has 72 valence electrons. The second-order valence-electron chi connectivity index (χ2n) is 2.47. The number of hydrogen-bond donors (Lipinski definition) is 1. The van der Waals surface area contributed by atoms with E-state index in [2.05, 4.69) is 4.98 Å². The predicted molar refractivity (Wildman–Crippen MR) is 45.6 cm³/mol. The Morgan fingerprint density at radius 3 is 3.08 bits per heavy atom. The van der Waals surface area contributed by atoms with Crippen molar-refractivity contribution >= 4 is 17.4 Å². The van der Waals surface area contributed by atoms with Gasteiger partial charge in [-0.1, -0.05) is 0 Å². The van der Waals surface area contributed by atoms with Crippen molar-refractivity contribution in [3.63, 3.8) is 0 Å². The van der Waals surface area contributed by atoms with Gasteiger partial charge in [-0.3, -0.25) is 0 Å². The number of nitrogens with zero attached hydrogens (tertiary/aromatic N) is 3. The summed E-state index contributed by atoms with van der Waals surface area (Å²) in [7, 11) is 0. The SMILES string of the molecule is O=[N+]([O-])c1cncn1C[C@H](O)CCl. The molecule has 1 atom stereocenters. The van der Waals surface area contributed by atoms with Gasteiger partial charge in [0.05, 0.1) is 5.88 Å². The molecule has 0 fully saturated rings. The number of aromatic nitrogens is 2. The molecule has 0 aliphatic heterocycles. The summed E-state index contributed by atoms with van der Waals surface area (Å²) in [4.78, 5) is 13.4. The number of aliphatic hydroxyl groups is 1. The average Bonchev–Trinajstić information content (AvgIpc) is 2.52. The lowest BCUT2D eigenvalue weighted by Crippen LogP contribution is -2.17. The second kappa shape index (κ2) is 4.20. The van der Waals surface area contributed by atoms with Crippen molar-refractivity contribution in [1.29, 1.82) is 0 Å². The fourth-order valence-corrected chi connectivity index (χ4v) is 0.980. The lowest BCUT2D eigenvalue weighted by atomic mass is 10.4.